The summed E-state index contributed by atoms with van der Waals surface area (Å²) < 4.78 is 5.17. The normalized spacial score (nSPS) is 33.0. The Balaban J connectivity index is 2.23. The van der Waals surface area contributed by atoms with Crippen LogP contribution in [0.1, 0.15) is 0 Å². The topological polar surface area (TPSA) is 12.5 Å². The largest absolute Gasteiger partial charge is 0.364 e. The molecule has 3 heteroatoms. The molecular formula is C5H9BrNO. The van der Waals surface area contributed by atoms with Gasteiger partial charge in [-0.25, -0.2) is 0 Å². The molecular weight excluding hydrogens is 170 g/mol. The van der Waals surface area contributed by atoms with Gasteiger partial charge >= 0.3 is 0 Å². The standard InChI is InChI=1S/C5H9BrNO/c1-7-2-3-8-5(6)4-7/h2,5H,3-4H2,1H3. The minimum atomic E-state index is 0.220. The lowest BCUT2D eigenvalue weighted by Gasteiger charge is -2.25. The zero-order valence-electron chi connectivity index (χ0n) is 4.80. The third kappa shape index (κ3) is 1.73. The molecule has 0 aliphatic carbocycles. The molecule has 0 bridgehead atoms. The smallest absolute Gasteiger partial charge is 0.125 e. The Kier molecular flexibility index (Phi) is 2.28. The van der Waals surface area contributed by atoms with Gasteiger partial charge < -0.3 is 4.74 Å². The quantitative estimate of drug-likeness (QED) is 0.510. The maximum absolute atomic E-state index is 5.17. The van der Waals surface area contributed by atoms with E-state index in [4.69, 9.17) is 4.74 Å². The predicted molar refractivity (Wildman–Crippen MR) is 35.6 cm³/mol. The SMILES string of the molecule is CN1[CH]COC(Br)C1. The van der Waals surface area contributed by atoms with Crippen molar-refractivity contribution in [2.75, 3.05) is 20.2 Å². The Morgan fingerprint density at radius 3 is 3.00 bits per heavy atom. The minimum absolute atomic E-state index is 0.220. The van der Waals surface area contributed by atoms with E-state index in [1.54, 1.807) is 0 Å². The molecule has 1 radical (unpaired) electrons. The summed E-state index contributed by atoms with van der Waals surface area (Å²) in [6, 6.07) is 0. The van der Waals surface area contributed by atoms with Crippen molar-refractivity contribution in [2.45, 2.75) is 5.01 Å². The van der Waals surface area contributed by atoms with Gasteiger partial charge in [0, 0.05) is 6.54 Å². The van der Waals surface area contributed by atoms with Crippen molar-refractivity contribution in [2.24, 2.45) is 0 Å². The van der Waals surface area contributed by atoms with Gasteiger partial charge in [0.2, 0.25) is 0 Å². The van der Waals surface area contributed by atoms with E-state index in [1.807, 2.05) is 13.6 Å². The fourth-order valence-corrected chi connectivity index (χ4v) is 1.24. The first-order valence-electron chi connectivity index (χ1n) is 2.58. The molecule has 0 saturated carbocycles. The van der Waals surface area contributed by atoms with Gasteiger partial charge in [0.1, 0.15) is 5.01 Å². The Morgan fingerprint density at radius 2 is 2.62 bits per heavy atom. The highest BCUT2D eigenvalue weighted by atomic mass is 79.9. The van der Waals surface area contributed by atoms with Crippen LogP contribution in [0, 0.1) is 6.54 Å². The van der Waals surface area contributed by atoms with Gasteiger partial charge in [0.25, 0.3) is 0 Å². The fourth-order valence-electron chi connectivity index (χ4n) is 0.628. The molecule has 47 valence electrons. The van der Waals surface area contributed by atoms with Crippen LogP contribution in [0.15, 0.2) is 0 Å². The summed E-state index contributed by atoms with van der Waals surface area (Å²) in [6.07, 6.45) is 0. The average Bonchev–Trinajstić information content (AvgIpc) is 1.64. The number of nitrogens with zero attached hydrogens (tertiary/aromatic N) is 1. The highest BCUT2D eigenvalue weighted by Crippen LogP contribution is 2.10. The number of hydrogen-bond donors (Lipinski definition) is 0. The molecule has 1 saturated heterocycles. The highest BCUT2D eigenvalue weighted by Gasteiger charge is 2.13. The second-order valence-corrected chi connectivity index (χ2v) is 2.89. The number of hydrogen-bond acceptors (Lipinski definition) is 2. The molecule has 1 aliphatic rings. The lowest BCUT2D eigenvalue weighted by Crippen LogP contribution is -2.33. The molecule has 1 aliphatic heterocycles. The first-order valence-corrected chi connectivity index (χ1v) is 3.50. The second-order valence-electron chi connectivity index (χ2n) is 1.87. The number of rotatable bonds is 0. The van der Waals surface area contributed by atoms with Crippen molar-refractivity contribution >= 4 is 15.9 Å². The van der Waals surface area contributed by atoms with Crippen molar-refractivity contribution in [3.05, 3.63) is 6.54 Å². The van der Waals surface area contributed by atoms with Crippen LogP contribution >= 0.6 is 15.9 Å². The van der Waals surface area contributed by atoms with Crippen molar-refractivity contribution in [1.29, 1.82) is 0 Å². The van der Waals surface area contributed by atoms with E-state index >= 15 is 0 Å². The molecule has 2 nitrogen and oxygen atoms in total. The van der Waals surface area contributed by atoms with Crippen molar-refractivity contribution in [1.82, 2.24) is 4.90 Å². The van der Waals surface area contributed by atoms with Crippen LogP contribution in [-0.4, -0.2) is 30.1 Å². The minimum Gasteiger partial charge on any atom is -0.364 e. The van der Waals surface area contributed by atoms with Crippen LogP contribution < -0.4 is 0 Å². The van der Waals surface area contributed by atoms with E-state index in [9.17, 15) is 0 Å². The summed E-state index contributed by atoms with van der Waals surface area (Å²) in [6.45, 7) is 3.70. The van der Waals surface area contributed by atoms with Gasteiger partial charge in [-0.3, -0.25) is 4.90 Å². The van der Waals surface area contributed by atoms with E-state index in [0.717, 1.165) is 13.2 Å². The molecule has 0 aromatic rings. The van der Waals surface area contributed by atoms with E-state index in [0.29, 0.717) is 0 Å². The summed E-state index contributed by atoms with van der Waals surface area (Å²) in [5.74, 6) is 0. The number of ether oxygens (including phenoxy) is 1. The third-order valence-corrected chi connectivity index (χ3v) is 1.65. The zero-order valence-corrected chi connectivity index (χ0v) is 6.39. The summed E-state index contributed by atoms with van der Waals surface area (Å²) in [5.41, 5.74) is 0. The van der Waals surface area contributed by atoms with E-state index in [-0.39, 0.29) is 5.01 Å². The lowest BCUT2D eigenvalue weighted by atomic mass is 10.5. The molecule has 0 N–H and O–H groups in total. The molecule has 8 heavy (non-hydrogen) atoms. The number of morpholine rings is 1. The second kappa shape index (κ2) is 2.80. The van der Waals surface area contributed by atoms with Gasteiger partial charge in [-0.1, -0.05) is 15.9 Å². The van der Waals surface area contributed by atoms with Gasteiger partial charge in [-0.15, -0.1) is 0 Å². The average molecular weight is 179 g/mol. The molecule has 1 heterocycles. The maximum Gasteiger partial charge on any atom is 0.125 e. The fraction of sp³-hybridized carbons (Fsp3) is 0.800. The number of alkyl halides is 1. The monoisotopic (exact) mass is 178 g/mol. The highest BCUT2D eigenvalue weighted by molar-refractivity contribution is 9.09. The van der Waals surface area contributed by atoms with Gasteiger partial charge in [-0.05, 0) is 7.05 Å². The van der Waals surface area contributed by atoms with E-state index in [2.05, 4.69) is 20.8 Å². The van der Waals surface area contributed by atoms with Crippen LogP contribution in [0.4, 0.5) is 0 Å². The van der Waals surface area contributed by atoms with Crippen LogP contribution in [0.5, 0.6) is 0 Å². The molecule has 1 unspecified atom stereocenters. The molecule has 0 spiro atoms. The Labute approximate surface area is 57.9 Å². The molecule has 0 aromatic carbocycles. The van der Waals surface area contributed by atoms with Gasteiger partial charge in [-0.2, -0.15) is 0 Å². The van der Waals surface area contributed by atoms with Crippen LogP contribution in [0.2, 0.25) is 0 Å². The van der Waals surface area contributed by atoms with Gasteiger partial charge in [0.15, 0.2) is 0 Å². The lowest BCUT2D eigenvalue weighted by molar-refractivity contribution is 0.0608. The van der Waals surface area contributed by atoms with E-state index in [1.165, 1.54) is 0 Å². The van der Waals surface area contributed by atoms with Crippen molar-refractivity contribution < 1.29 is 4.74 Å². The number of halogens is 1. The van der Waals surface area contributed by atoms with Crippen molar-refractivity contribution in [3.63, 3.8) is 0 Å². The van der Waals surface area contributed by atoms with E-state index < -0.39 is 0 Å². The Hall–Kier alpha value is 0.400. The maximum atomic E-state index is 5.17. The molecule has 1 fully saturated rings. The molecule has 0 amide bonds. The van der Waals surface area contributed by atoms with Crippen LogP contribution in [-0.2, 0) is 4.74 Å². The Morgan fingerprint density at radius 1 is 1.88 bits per heavy atom. The number of likely N-dealkylation sites (N-methyl/N-ethyl adjacent to an activating group) is 1. The van der Waals surface area contributed by atoms with Crippen LogP contribution in [0.3, 0.4) is 0 Å². The molecule has 1 rings (SSSR count). The molecule has 1 atom stereocenters. The third-order valence-electron chi connectivity index (χ3n) is 1.09. The first kappa shape index (κ1) is 6.52. The summed E-state index contributed by atoms with van der Waals surface area (Å²) in [5, 5.41) is 0.220. The summed E-state index contributed by atoms with van der Waals surface area (Å²) >= 11 is 3.34. The molecule has 0 aromatic heterocycles. The summed E-state index contributed by atoms with van der Waals surface area (Å²) in [7, 11) is 2.04. The predicted octanol–water partition coefficient (Wildman–Crippen LogP) is 0.831. The van der Waals surface area contributed by atoms with Gasteiger partial charge in [0.05, 0.1) is 13.2 Å². The zero-order chi connectivity index (χ0) is 5.98. The Bertz CT molecular complexity index is 70.8. The first-order chi connectivity index (χ1) is 3.79. The van der Waals surface area contributed by atoms with Crippen molar-refractivity contribution in [3.8, 4) is 0 Å². The summed E-state index contributed by atoms with van der Waals surface area (Å²) in [4.78, 5) is 2.11. The van der Waals surface area contributed by atoms with Crippen LogP contribution in [0.25, 0.3) is 0 Å².